The average molecular weight is 1010 g/mol. The zero-order valence-corrected chi connectivity index (χ0v) is 47.7. The van der Waals surface area contributed by atoms with Crippen LogP contribution < -0.4 is 0 Å². The van der Waals surface area contributed by atoms with Gasteiger partial charge < -0.3 is 14.2 Å². The van der Waals surface area contributed by atoms with Gasteiger partial charge in [-0.15, -0.1) is 0 Å². The Morgan fingerprint density at radius 1 is 0.292 bits per heavy atom. The summed E-state index contributed by atoms with van der Waals surface area (Å²) in [6, 6.07) is 0. The van der Waals surface area contributed by atoms with Crippen LogP contribution in [-0.4, -0.2) is 37.2 Å². The fourth-order valence-electron chi connectivity index (χ4n) is 8.88. The Morgan fingerprint density at radius 2 is 0.542 bits per heavy atom. The molecule has 0 bridgehead atoms. The van der Waals surface area contributed by atoms with Crippen molar-refractivity contribution in [2.24, 2.45) is 0 Å². The molecule has 0 heterocycles. The summed E-state index contributed by atoms with van der Waals surface area (Å²) in [6.45, 7) is 6.49. The molecule has 6 heteroatoms. The summed E-state index contributed by atoms with van der Waals surface area (Å²) in [5.74, 6) is -0.975. The van der Waals surface area contributed by atoms with E-state index in [4.69, 9.17) is 14.2 Å². The maximum absolute atomic E-state index is 12.8. The molecule has 0 radical (unpaired) electrons. The molecule has 0 aromatic rings. The SMILES string of the molecule is CC/C=C\C/C=C\C/C=C\C/C=C\C/C=C\C/C=C\CCC(=O)OC(COC(=O)CCCCCCCCCCCC)COC(=O)CCCCCCCCCCCCCCCCCCCCCCCCCCC. The van der Waals surface area contributed by atoms with Gasteiger partial charge in [-0.05, 0) is 57.8 Å². The van der Waals surface area contributed by atoms with E-state index in [1.165, 1.54) is 186 Å². The number of ether oxygens (including phenoxy) is 3. The Balaban J connectivity index is 4.29. The number of carbonyl (C=O) groups is 3. The highest BCUT2D eigenvalue weighted by atomic mass is 16.6. The van der Waals surface area contributed by atoms with E-state index in [-0.39, 0.29) is 37.5 Å². The van der Waals surface area contributed by atoms with Gasteiger partial charge in [0.2, 0.25) is 0 Å². The smallest absolute Gasteiger partial charge is 0.306 e. The lowest BCUT2D eigenvalue weighted by Crippen LogP contribution is -2.30. The number of carbonyl (C=O) groups excluding carboxylic acids is 3. The van der Waals surface area contributed by atoms with Crippen LogP contribution in [0.2, 0.25) is 0 Å². The van der Waals surface area contributed by atoms with Crippen LogP contribution in [0.5, 0.6) is 0 Å². The summed E-state index contributed by atoms with van der Waals surface area (Å²) in [7, 11) is 0. The lowest BCUT2D eigenvalue weighted by molar-refractivity contribution is -0.166. The minimum Gasteiger partial charge on any atom is -0.462 e. The largest absolute Gasteiger partial charge is 0.462 e. The summed E-state index contributed by atoms with van der Waals surface area (Å²) < 4.78 is 16.8. The third-order valence-corrected chi connectivity index (χ3v) is 13.5. The monoisotopic (exact) mass is 1000 g/mol. The molecule has 1 unspecified atom stereocenters. The number of unbranched alkanes of at least 4 members (excludes halogenated alkanes) is 33. The number of rotatable bonds is 56. The molecule has 0 N–H and O–H groups in total. The van der Waals surface area contributed by atoms with E-state index in [1.807, 2.05) is 6.08 Å². The van der Waals surface area contributed by atoms with Gasteiger partial charge in [0.1, 0.15) is 13.2 Å². The van der Waals surface area contributed by atoms with Gasteiger partial charge >= 0.3 is 17.9 Å². The molecule has 0 aromatic heterocycles. The molecule has 0 amide bonds. The molecule has 6 nitrogen and oxygen atoms in total. The van der Waals surface area contributed by atoms with Crippen LogP contribution in [0.4, 0.5) is 0 Å². The molecule has 1 atom stereocenters. The first-order valence-electron chi connectivity index (χ1n) is 30.9. The van der Waals surface area contributed by atoms with Crippen molar-refractivity contribution in [3.8, 4) is 0 Å². The fourth-order valence-corrected chi connectivity index (χ4v) is 8.88. The summed E-state index contributed by atoms with van der Waals surface area (Å²) in [5.41, 5.74) is 0. The van der Waals surface area contributed by atoms with Gasteiger partial charge in [-0.25, -0.2) is 0 Å². The molecule has 0 saturated carbocycles. The van der Waals surface area contributed by atoms with Crippen LogP contribution in [0.25, 0.3) is 0 Å². The van der Waals surface area contributed by atoms with Crippen molar-refractivity contribution in [1.29, 1.82) is 0 Å². The Labute approximate surface area is 446 Å². The predicted octanol–water partition coefficient (Wildman–Crippen LogP) is 20.9. The van der Waals surface area contributed by atoms with Crippen LogP contribution in [0.3, 0.4) is 0 Å². The van der Waals surface area contributed by atoms with Gasteiger partial charge in [0.25, 0.3) is 0 Å². The van der Waals surface area contributed by atoms with Crippen molar-refractivity contribution < 1.29 is 28.6 Å². The quantitative estimate of drug-likeness (QED) is 0.0261. The zero-order valence-electron chi connectivity index (χ0n) is 47.7. The molecule has 0 fully saturated rings. The highest BCUT2D eigenvalue weighted by Crippen LogP contribution is 2.17. The molecule has 0 rings (SSSR count). The van der Waals surface area contributed by atoms with E-state index in [0.29, 0.717) is 19.3 Å². The molecular formula is C66H116O6. The van der Waals surface area contributed by atoms with E-state index in [2.05, 4.69) is 87.6 Å². The third-order valence-electron chi connectivity index (χ3n) is 13.5. The number of hydrogen-bond donors (Lipinski definition) is 0. The highest BCUT2D eigenvalue weighted by Gasteiger charge is 2.19. The molecular weight excluding hydrogens is 889 g/mol. The number of esters is 3. The fraction of sp³-hybridized carbons (Fsp3) is 0.773. The molecule has 0 aliphatic rings. The van der Waals surface area contributed by atoms with Crippen LogP contribution >= 0.6 is 0 Å². The van der Waals surface area contributed by atoms with Gasteiger partial charge in [-0.3, -0.25) is 14.4 Å². The first-order valence-corrected chi connectivity index (χ1v) is 30.9. The van der Waals surface area contributed by atoms with Crippen LogP contribution in [0.1, 0.15) is 310 Å². The first-order chi connectivity index (χ1) is 35.5. The summed E-state index contributed by atoms with van der Waals surface area (Å²) in [4.78, 5) is 38.1. The van der Waals surface area contributed by atoms with Crippen molar-refractivity contribution in [1.82, 2.24) is 0 Å². The molecule has 0 saturated heterocycles. The van der Waals surface area contributed by atoms with Crippen molar-refractivity contribution in [2.45, 2.75) is 316 Å². The zero-order chi connectivity index (χ0) is 52.2. The van der Waals surface area contributed by atoms with E-state index in [9.17, 15) is 14.4 Å². The maximum atomic E-state index is 12.8. The Kier molecular flexibility index (Phi) is 57.8. The van der Waals surface area contributed by atoms with Crippen molar-refractivity contribution in [3.05, 3.63) is 72.9 Å². The predicted molar refractivity (Wildman–Crippen MR) is 311 cm³/mol. The minimum absolute atomic E-state index is 0.102. The van der Waals surface area contributed by atoms with Gasteiger partial charge in [0.15, 0.2) is 6.10 Å². The third kappa shape index (κ3) is 57.7. The standard InChI is InChI=1S/C66H116O6/c1-4-7-10-13-16-19-22-24-26-28-30-31-32-33-34-35-37-38-40-42-44-47-50-53-56-59-65(68)71-62-63(61-70-64(67)58-55-52-49-46-21-18-15-12-9-6-3)72-66(69)60-57-54-51-48-45-43-41-39-36-29-27-25-23-20-17-14-11-8-5-2/h8,11,17,20,25,27,36,39,43,45,51,54,63H,4-7,9-10,12-16,18-19,21-24,26,28-35,37-38,40-42,44,46-50,52-53,55-62H2,1-3H3/b11-8-,20-17-,27-25-,39-36-,45-43-,54-51-. The molecule has 72 heavy (non-hydrogen) atoms. The lowest BCUT2D eigenvalue weighted by atomic mass is 10.0. The molecule has 0 aliphatic heterocycles. The number of hydrogen-bond acceptors (Lipinski definition) is 6. The summed E-state index contributed by atoms with van der Waals surface area (Å²) >= 11 is 0. The second kappa shape index (κ2) is 60.4. The van der Waals surface area contributed by atoms with Crippen molar-refractivity contribution in [2.75, 3.05) is 13.2 Å². The second-order valence-corrected chi connectivity index (χ2v) is 20.6. The minimum atomic E-state index is -0.813. The Morgan fingerprint density at radius 3 is 0.819 bits per heavy atom. The van der Waals surface area contributed by atoms with Gasteiger partial charge in [-0.2, -0.15) is 0 Å². The normalized spacial score (nSPS) is 12.5. The second-order valence-electron chi connectivity index (χ2n) is 20.6. The highest BCUT2D eigenvalue weighted by molar-refractivity contribution is 5.71. The molecule has 0 spiro atoms. The first kappa shape index (κ1) is 68.8. The van der Waals surface area contributed by atoms with E-state index in [1.54, 1.807) is 0 Å². The van der Waals surface area contributed by atoms with Crippen molar-refractivity contribution >= 4 is 17.9 Å². The maximum Gasteiger partial charge on any atom is 0.306 e. The van der Waals surface area contributed by atoms with E-state index < -0.39 is 6.10 Å². The van der Waals surface area contributed by atoms with Crippen LogP contribution in [-0.2, 0) is 28.6 Å². The lowest BCUT2D eigenvalue weighted by Gasteiger charge is -2.18. The van der Waals surface area contributed by atoms with Crippen molar-refractivity contribution in [3.63, 3.8) is 0 Å². The topological polar surface area (TPSA) is 78.9 Å². The Hall–Kier alpha value is -3.15. The van der Waals surface area contributed by atoms with Crippen LogP contribution in [0.15, 0.2) is 72.9 Å². The summed E-state index contributed by atoms with van der Waals surface area (Å²) in [5, 5.41) is 0. The van der Waals surface area contributed by atoms with Gasteiger partial charge in [0, 0.05) is 19.3 Å². The molecule has 0 aromatic carbocycles. The molecule has 0 aliphatic carbocycles. The van der Waals surface area contributed by atoms with Crippen LogP contribution in [0, 0.1) is 0 Å². The van der Waals surface area contributed by atoms with Gasteiger partial charge in [-0.1, -0.05) is 306 Å². The number of allylic oxidation sites excluding steroid dienone is 12. The average Bonchev–Trinajstić information content (AvgIpc) is 3.38. The molecule has 416 valence electrons. The summed E-state index contributed by atoms with van der Waals surface area (Å²) in [6.07, 6.45) is 77.9. The van der Waals surface area contributed by atoms with E-state index >= 15 is 0 Å². The van der Waals surface area contributed by atoms with Gasteiger partial charge in [0.05, 0.1) is 0 Å². The van der Waals surface area contributed by atoms with E-state index in [0.717, 1.165) is 77.0 Å². The Bertz CT molecular complexity index is 1340.